The number of Topliss-reactive ketones (excluding diaryl/α,β-unsaturated/α-hetero) is 2. The highest BCUT2D eigenvalue weighted by Crippen LogP contribution is 2.20. The second-order valence-corrected chi connectivity index (χ2v) is 4.91. The van der Waals surface area contributed by atoms with E-state index in [1.807, 2.05) is 26.0 Å². The van der Waals surface area contributed by atoms with Crippen molar-refractivity contribution >= 4 is 11.6 Å². The van der Waals surface area contributed by atoms with Gasteiger partial charge < -0.3 is 5.11 Å². The van der Waals surface area contributed by atoms with E-state index in [-0.39, 0.29) is 29.3 Å². The van der Waals surface area contributed by atoms with Crippen LogP contribution in [0, 0.1) is 13.8 Å². The molecule has 0 aliphatic rings. The minimum atomic E-state index is -0.364. The number of ketones is 2. The van der Waals surface area contributed by atoms with Crippen LogP contribution in [-0.4, -0.2) is 16.7 Å². The molecule has 0 unspecified atom stereocenters. The molecule has 3 heteroatoms. The largest absolute Gasteiger partial charge is 0.507 e. The maximum Gasteiger partial charge on any atom is 0.174 e. The van der Waals surface area contributed by atoms with Crippen molar-refractivity contribution in [1.29, 1.82) is 0 Å². The maximum atomic E-state index is 12.1. The van der Waals surface area contributed by atoms with E-state index in [0.717, 1.165) is 11.1 Å². The molecule has 0 saturated heterocycles. The molecule has 0 fully saturated rings. The monoisotopic (exact) mass is 268 g/mol. The first-order chi connectivity index (χ1) is 9.47. The Morgan fingerprint density at radius 1 is 0.900 bits per heavy atom. The van der Waals surface area contributed by atoms with E-state index in [1.54, 1.807) is 24.3 Å². The molecule has 3 nitrogen and oxygen atoms in total. The Balaban J connectivity index is 2.17. The average Bonchev–Trinajstić information content (AvgIpc) is 2.42. The van der Waals surface area contributed by atoms with E-state index >= 15 is 0 Å². The molecule has 2 rings (SSSR count). The Bertz CT molecular complexity index is 654. The van der Waals surface area contributed by atoms with Crippen molar-refractivity contribution in [3.8, 4) is 5.75 Å². The van der Waals surface area contributed by atoms with Crippen LogP contribution in [0.15, 0.2) is 42.5 Å². The van der Waals surface area contributed by atoms with Gasteiger partial charge in [-0.3, -0.25) is 9.59 Å². The van der Waals surface area contributed by atoms with Crippen molar-refractivity contribution in [2.45, 2.75) is 20.3 Å². The number of aryl methyl sites for hydroxylation is 2. The Morgan fingerprint density at radius 3 is 2.15 bits per heavy atom. The molecule has 0 spiro atoms. The van der Waals surface area contributed by atoms with Crippen molar-refractivity contribution < 1.29 is 14.7 Å². The van der Waals surface area contributed by atoms with Gasteiger partial charge in [0.25, 0.3) is 0 Å². The number of phenolic OH excluding ortho intramolecular Hbond substituents is 1. The molecule has 2 aromatic carbocycles. The summed E-state index contributed by atoms with van der Waals surface area (Å²) in [6, 6.07) is 11.9. The molecular weight excluding hydrogens is 252 g/mol. The molecule has 0 saturated carbocycles. The van der Waals surface area contributed by atoms with Gasteiger partial charge in [0.05, 0.1) is 12.0 Å². The first-order valence-corrected chi connectivity index (χ1v) is 6.40. The molecule has 2 aromatic rings. The van der Waals surface area contributed by atoms with E-state index in [9.17, 15) is 14.7 Å². The Kier molecular flexibility index (Phi) is 3.99. The molecule has 20 heavy (non-hydrogen) atoms. The zero-order valence-electron chi connectivity index (χ0n) is 11.5. The number of hydrogen-bond donors (Lipinski definition) is 1. The smallest absolute Gasteiger partial charge is 0.174 e. The van der Waals surface area contributed by atoms with Gasteiger partial charge in [-0.2, -0.15) is 0 Å². The lowest BCUT2D eigenvalue weighted by atomic mass is 9.99. The third-order valence-electron chi connectivity index (χ3n) is 3.15. The third-order valence-corrected chi connectivity index (χ3v) is 3.15. The van der Waals surface area contributed by atoms with E-state index in [4.69, 9.17) is 0 Å². The molecule has 102 valence electrons. The van der Waals surface area contributed by atoms with Crippen molar-refractivity contribution in [2.75, 3.05) is 0 Å². The highest BCUT2D eigenvalue weighted by molar-refractivity contribution is 6.14. The van der Waals surface area contributed by atoms with Gasteiger partial charge in [-0.25, -0.2) is 0 Å². The molecule has 0 aliphatic carbocycles. The van der Waals surface area contributed by atoms with Crippen LogP contribution >= 0.6 is 0 Å². The molecule has 0 radical (unpaired) electrons. The SMILES string of the molecule is Cc1ccc(C(=O)CC(=O)c2cc(C)ccc2O)cc1. The van der Waals surface area contributed by atoms with Gasteiger partial charge >= 0.3 is 0 Å². The second kappa shape index (κ2) is 5.70. The molecule has 1 N–H and O–H groups in total. The lowest BCUT2D eigenvalue weighted by molar-refractivity contribution is 0.0893. The fourth-order valence-electron chi connectivity index (χ4n) is 1.96. The predicted octanol–water partition coefficient (Wildman–Crippen LogP) is 3.46. The highest BCUT2D eigenvalue weighted by atomic mass is 16.3. The van der Waals surface area contributed by atoms with Crippen molar-refractivity contribution in [3.63, 3.8) is 0 Å². The van der Waals surface area contributed by atoms with Gasteiger partial charge in [-0.1, -0.05) is 41.5 Å². The zero-order valence-corrected chi connectivity index (χ0v) is 11.5. The minimum absolute atomic E-state index is 0.0858. The number of benzene rings is 2. The van der Waals surface area contributed by atoms with E-state index in [2.05, 4.69) is 0 Å². The van der Waals surface area contributed by atoms with Crippen LogP contribution in [0.3, 0.4) is 0 Å². The number of hydrogen-bond acceptors (Lipinski definition) is 3. The quantitative estimate of drug-likeness (QED) is 0.682. The summed E-state index contributed by atoms with van der Waals surface area (Å²) in [5, 5.41) is 9.69. The fourth-order valence-corrected chi connectivity index (χ4v) is 1.96. The van der Waals surface area contributed by atoms with Crippen LogP contribution < -0.4 is 0 Å². The average molecular weight is 268 g/mol. The normalized spacial score (nSPS) is 10.3. The molecule has 0 heterocycles. The lowest BCUT2D eigenvalue weighted by Gasteiger charge is -2.05. The van der Waals surface area contributed by atoms with Crippen LogP contribution in [0.1, 0.15) is 38.3 Å². The molecule has 0 aromatic heterocycles. The molecule has 0 aliphatic heterocycles. The van der Waals surface area contributed by atoms with E-state index in [1.165, 1.54) is 6.07 Å². The molecular formula is C17H16O3. The summed E-state index contributed by atoms with van der Waals surface area (Å²) < 4.78 is 0. The lowest BCUT2D eigenvalue weighted by Crippen LogP contribution is -2.09. The number of rotatable bonds is 4. The zero-order chi connectivity index (χ0) is 14.7. The summed E-state index contributed by atoms with van der Waals surface area (Å²) in [6.45, 7) is 3.77. The van der Waals surface area contributed by atoms with Crippen LogP contribution in [0.5, 0.6) is 5.75 Å². The Labute approximate surface area is 117 Å². The minimum Gasteiger partial charge on any atom is -0.507 e. The molecule has 0 bridgehead atoms. The number of carbonyl (C=O) groups excluding carboxylic acids is 2. The van der Waals surface area contributed by atoms with Gasteiger partial charge in [0.1, 0.15) is 5.75 Å². The van der Waals surface area contributed by atoms with Gasteiger partial charge in [0, 0.05) is 5.56 Å². The van der Waals surface area contributed by atoms with Gasteiger partial charge in [0.2, 0.25) is 0 Å². The summed E-state index contributed by atoms with van der Waals surface area (Å²) in [4.78, 5) is 24.1. The van der Waals surface area contributed by atoms with Crippen molar-refractivity contribution in [1.82, 2.24) is 0 Å². The maximum absolute atomic E-state index is 12.1. The standard InChI is InChI=1S/C17H16O3/c1-11-3-6-13(7-4-11)16(19)10-17(20)14-9-12(2)5-8-15(14)18/h3-9,18H,10H2,1-2H3. The van der Waals surface area contributed by atoms with Crippen molar-refractivity contribution in [2.24, 2.45) is 0 Å². The number of carbonyl (C=O) groups is 2. The van der Waals surface area contributed by atoms with Gasteiger partial charge in [-0.05, 0) is 26.0 Å². The first-order valence-electron chi connectivity index (χ1n) is 6.40. The van der Waals surface area contributed by atoms with E-state index < -0.39 is 0 Å². The van der Waals surface area contributed by atoms with Crippen LogP contribution in [0.4, 0.5) is 0 Å². The second-order valence-electron chi connectivity index (χ2n) is 4.91. The number of aromatic hydroxyl groups is 1. The van der Waals surface area contributed by atoms with Gasteiger partial charge in [0.15, 0.2) is 11.6 Å². The van der Waals surface area contributed by atoms with Crippen LogP contribution in [0.25, 0.3) is 0 Å². The fraction of sp³-hybridized carbons (Fsp3) is 0.176. The summed E-state index contributed by atoms with van der Waals surface area (Å²) in [7, 11) is 0. The third kappa shape index (κ3) is 3.12. The summed E-state index contributed by atoms with van der Waals surface area (Å²) in [5.74, 6) is -0.690. The Morgan fingerprint density at radius 2 is 1.50 bits per heavy atom. The summed E-state index contributed by atoms with van der Waals surface area (Å²) in [5.41, 5.74) is 2.64. The highest BCUT2D eigenvalue weighted by Gasteiger charge is 2.16. The topological polar surface area (TPSA) is 54.4 Å². The number of phenols is 1. The molecule has 0 amide bonds. The van der Waals surface area contributed by atoms with Crippen molar-refractivity contribution in [3.05, 3.63) is 64.7 Å². The summed E-state index contributed by atoms with van der Waals surface area (Å²) in [6.07, 6.45) is -0.236. The first kappa shape index (κ1) is 14.0. The summed E-state index contributed by atoms with van der Waals surface area (Å²) >= 11 is 0. The van der Waals surface area contributed by atoms with Crippen LogP contribution in [-0.2, 0) is 0 Å². The molecule has 0 atom stereocenters. The van der Waals surface area contributed by atoms with Crippen LogP contribution in [0.2, 0.25) is 0 Å². The van der Waals surface area contributed by atoms with E-state index in [0.29, 0.717) is 5.56 Å². The predicted molar refractivity (Wildman–Crippen MR) is 77.3 cm³/mol. The Hall–Kier alpha value is -2.42. The van der Waals surface area contributed by atoms with Gasteiger partial charge in [-0.15, -0.1) is 0 Å².